The SMILES string of the molecule is CCCN(CCC)Cc1nnc2n1-c1ccc([N+](=O)[O-])cc1C(c1ccccn1)=NC2. The summed E-state index contributed by atoms with van der Waals surface area (Å²) in [6.45, 7) is 7.24. The lowest BCUT2D eigenvalue weighted by molar-refractivity contribution is -0.384. The van der Waals surface area contributed by atoms with Gasteiger partial charge in [0.25, 0.3) is 5.69 Å². The third kappa shape index (κ3) is 4.22. The van der Waals surface area contributed by atoms with Crippen LogP contribution in [-0.2, 0) is 13.1 Å². The zero-order chi connectivity index (χ0) is 21.8. The molecular weight excluding hydrogens is 394 g/mol. The molecule has 0 atom stereocenters. The first-order chi connectivity index (χ1) is 15.1. The van der Waals surface area contributed by atoms with Crippen molar-refractivity contribution in [3.05, 3.63) is 75.6 Å². The van der Waals surface area contributed by atoms with E-state index in [4.69, 9.17) is 4.99 Å². The Labute approximate surface area is 180 Å². The molecular formula is C22H25N7O2. The number of nitro groups is 1. The molecule has 2 aromatic heterocycles. The molecule has 0 fully saturated rings. The van der Waals surface area contributed by atoms with Gasteiger partial charge in [0.1, 0.15) is 6.54 Å². The molecule has 3 heterocycles. The quantitative estimate of drug-likeness (QED) is 0.409. The van der Waals surface area contributed by atoms with Crippen LogP contribution >= 0.6 is 0 Å². The molecule has 1 aliphatic heterocycles. The second kappa shape index (κ2) is 9.13. The minimum atomic E-state index is -0.389. The van der Waals surface area contributed by atoms with Crippen LogP contribution in [-0.4, -0.2) is 48.4 Å². The van der Waals surface area contributed by atoms with Crippen molar-refractivity contribution in [3.8, 4) is 5.69 Å². The van der Waals surface area contributed by atoms with Gasteiger partial charge in [-0.2, -0.15) is 0 Å². The summed E-state index contributed by atoms with van der Waals surface area (Å²) in [5.41, 5.74) is 2.75. The number of aromatic nitrogens is 4. The summed E-state index contributed by atoms with van der Waals surface area (Å²) in [6.07, 6.45) is 3.80. The van der Waals surface area contributed by atoms with Crippen LogP contribution in [0, 0.1) is 10.1 Å². The van der Waals surface area contributed by atoms with E-state index in [2.05, 4.69) is 33.9 Å². The summed E-state index contributed by atoms with van der Waals surface area (Å²) in [4.78, 5) is 22.6. The molecule has 31 heavy (non-hydrogen) atoms. The number of pyridine rings is 1. The van der Waals surface area contributed by atoms with Crippen LogP contribution in [0.4, 0.5) is 5.69 Å². The zero-order valence-corrected chi connectivity index (χ0v) is 17.7. The smallest absolute Gasteiger partial charge is 0.270 e. The van der Waals surface area contributed by atoms with Gasteiger partial charge in [0.05, 0.1) is 28.6 Å². The van der Waals surface area contributed by atoms with E-state index in [-0.39, 0.29) is 10.6 Å². The molecule has 1 aliphatic rings. The molecule has 0 bridgehead atoms. The Morgan fingerprint density at radius 3 is 2.61 bits per heavy atom. The summed E-state index contributed by atoms with van der Waals surface area (Å²) in [6, 6.07) is 10.4. The molecule has 160 valence electrons. The largest absolute Gasteiger partial charge is 0.296 e. The second-order valence-corrected chi connectivity index (χ2v) is 7.48. The van der Waals surface area contributed by atoms with E-state index in [1.807, 2.05) is 22.8 Å². The zero-order valence-electron chi connectivity index (χ0n) is 17.7. The van der Waals surface area contributed by atoms with E-state index in [1.54, 1.807) is 18.3 Å². The third-order valence-corrected chi connectivity index (χ3v) is 5.21. The van der Waals surface area contributed by atoms with Crippen molar-refractivity contribution in [2.24, 2.45) is 4.99 Å². The van der Waals surface area contributed by atoms with Crippen molar-refractivity contribution >= 4 is 11.4 Å². The van der Waals surface area contributed by atoms with Gasteiger partial charge in [-0.1, -0.05) is 19.9 Å². The summed E-state index contributed by atoms with van der Waals surface area (Å²) in [5, 5.41) is 20.3. The summed E-state index contributed by atoms with van der Waals surface area (Å²) in [5.74, 6) is 1.52. The van der Waals surface area contributed by atoms with Crippen molar-refractivity contribution in [3.63, 3.8) is 0 Å². The standard InChI is InChI=1S/C22H25N7O2/c1-3-11-27(12-4-2)15-21-26-25-20-14-24-22(18-7-5-6-10-23-18)17-13-16(29(30)31)8-9-19(17)28(20)21/h5-10,13H,3-4,11-12,14-15H2,1-2H3. The molecule has 0 radical (unpaired) electrons. The predicted octanol–water partition coefficient (Wildman–Crippen LogP) is 3.54. The minimum Gasteiger partial charge on any atom is -0.296 e. The van der Waals surface area contributed by atoms with E-state index in [1.165, 1.54) is 6.07 Å². The fourth-order valence-corrected chi connectivity index (χ4v) is 3.92. The van der Waals surface area contributed by atoms with Gasteiger partial charge in [0.15, 0.2) is 11.6 Å². The van der Waals surface area contributed by atoms with Gasteiger partial charge in [0, 0.05) is 23.9 Å². The number of hydrogen-bond donors (Lipinski definition) is 0. The average molecular weight is 419 g/mol. The van der Waals surface area contributed by atoms with Crippen LogP contribution in [0.2, 0.25) is 0 Å². The predicted molar refractivity (Wildman–Crippen MR) is 117 cm³/mol. The number of nitrogens with zero attached hydrogens (tertiary/aromatic N) is 7. The van der Waals surface area contributed by atoms with E-state index < -0.39 is 0 Å². The van der Waals surface area contributed by atoms with Crippen LogP contribution in [0.15, 0.2) is 47.6 Å². The lowest BCUT2D eigenvalue weighted by atomic mass is 10.0. The number of non-ortho nitro benzene ring substituents is 1. The van der Waals surface area contributed by atoms with E-state index in [0.29, 0.717) is 35.9 Å². The van der Waals surface area contributed by atoms with Crippen LogP contribution in [0.25, 0.3) is 5.69 Å². The maximum atomic E-state index is 11.5. The number of benzene rings is 1. The monoisotopic (exact) mass is 419 g/mol. The van der Waals surface area contributed by atoms with Crippen LogP contribution < -0.4 is 0 Å². The fourth-order valence-electron chi connectivity index (χ4n) is 3.92. The topological polar surface area (TPSA) is 102 Å². The molecule has 0 saturated carbocycles. The Balaban J connectivity index is 1.84. The molecule has 9 heteroatoms. The minimum absolute atomic E-state index is 0.0130. The Kier molecular flexibility index (Phi) is 6.13. The lowest BCUT2D eigenvalue weighted by Crippen LogP contribution is -2.27. The molecule has 1 aromatic carbocycles. The number of rotatable bonds is 8. The van der Waals surface area contributed by atoms with Gasteiger partial charge in [-0.25, -0.2) is 0 Å². The van der Waals surface area contributed by atoms with Crippen molar-refractivity contribution in [2.45, 2.75) is 39.8 Å². The highest BCUT2D eigenvalue weighted by Gasteiger charge is 2.26. The summed E-state index contributed by atoms with van der Waals surface area (Å²) >= 11 is 0. The van der Waals surface area contributed by atoms with Crippen molar-refractivity contribution in [1.82, 2.24) is 24.6 Å². The first kappa shape index (κ1) is 20.8. The number of aliphatic imine (C=N–C) groups is 1. The normalized spacial score (nSPS) is 12.8. The molecule has 9 nitrogen and oxygen atoms in total. The summed E-state index contributed by atoms with van der Waals surface area (Å²) < 4.78 is 2.00. The molecule has 0 unspecified atom stereocenters. The lowest BCUT2D eigenvalue weighted by Gasteiger charge is -2.21. The molecule has 0 N–H and O–H groups in total. The number of hydrogen-bond acceptors (Lipinski definition) is 7. The molecule has 4 rings (SSSR count). The first-order valence-electron chi connectivity index (χ1n) is 10.5. The van der Waals surface area contributed by atoms with Gasteiger partial charge in [0.2, 0.25) is 0 Å². The van der Waals surface area contributed by atoms with E-state index in [0.717, 1.165) is 37.4 Å². The van der Waals surface area contributed by atoms with Gasteiger partial charge in [-0.15, -0.1) is 10.2 Å². The Hall–Kier alpha value is -3.46. The molecule has 3 aromatic rings. The van der Waals surface area contributed by atoms with Crippen LogP contribution in [0.1, 0.15) is 49.6 Å². The highest BCUT2D eigenvalue weighted by atomic mass is 16.6. The first-order valence-corrected chi connectivity index (χ1v) is 10.5. The maximum Gasteiger partial charge on any atom is 0.270 e. The van der Waals surface area contributed by atoms with Crippen LogP contribution in [0.5, 0.6) is 0 Å². The number of fused-ring (bicyclic) bond motifs is 3. The molecule has 0 saturated heterocycles. The highest BCUT2D eigenvalue weighted by molar-refractivity contribution is 6.14. The Bertz CT molecular complexity index is 1100. The van der Waals surface area contributed by atoms with Gasteiger partial charge < -0.3 is 0 Å². The van der Waals surface area contributed by atoms with Gasteiger partial charge in [-0.05, 0) is 44.1 Å². The Morgan fingerprint density at radius 2 is 1.94 bits per heavy atom. The van der Waals surface area contributed by atoms with E-state index in [9.17, 15) is 10.1 Å². The van der Waals surface area contributed by atoms with Crippen molar-refractivity contribution in [2.75, 3.05) is 13.1 Å². The van der Waals surface area contributed by atoms with Crippen molar-refractivity contribution in [1.29, 1.82) is 0 Å². The Morgan fingerprint density at radius 1 is 1.13 bits per heavy atom. The van der Waals surface area contributed by atoms with Crippen LogP contribution in [0.3, 0.4) is 0 Å². The highest BCUT2D eigenvalue weighted by Crippen LogP contribution is 2.29. The fraction of sp³-hybridized carbons (Fsp3) is 0.364. The molecule has 0 spiro atoms. The second-order valence-electron chi connectivity index (χ2n) is 7.48. The number of nitro benzene ring substituents is 1. The van der Waals surface area contributed by atoms with E-state index >= 15 is 0 Å². The molecule has 0 aliphatic carbocycles. The van der Waals surface area contributed by atoms with Gasteiger partial charge >= 0.3 is 0 Å². The van der Waals surface area contributed by atoms with Crippen molar-refractivity contribution < 1.29 is 4.92 Å². The average Bonchev–Trinajstić information content (AvgIpc) is 3.09. The maximum absolute atomic E-state index is 11.5. The molecule has 0 amide bonds. The third-order valence-electron chi connectivity index (χ3n) is 5.21. The summed E-state index contributed by atoms with van der Waals surface area (Å²) in [7, 11) is 0. The van der Waals surface area contributed by atoms with Gasteiger partial charge in [-0.3, -0.25) is 29.6 Å².